The number of halogens is 1. The zero-order valence-electron chi connectivity index (χ0n) is 10.6. The summed E-state index contributed by atoms with van der Waals surface area (Å²) in [6, 6.07) is 0.163. The molecule has 0 atom stereocenters. The lowest BCUT2D eigenvalue weighted by molar-refractivity contribution is -0.119. The van der Waals surface area contributed by atoms with Gasteiger partial charge in [0.15, 0.2) is 0 Å². The summed E-state index contributed by atoms with van der Waals surface area (Å²) < 4.78 is 5.28. The van der Waals surface area contributed by atoms with Gasteiger partial charge in [-0.2, -0.15) is 15.0 Å². The molecule has 0 bridgehead atoms. The first kappa shape index (κ1) is 14.4. The molecule has 0 aliphatic carbocycles. The molecule has 0 saturated carbocycles. The van der Waals surface area contributed by atoms with E-state index in [4.69, 9.17) is 16.3 Å². The lowest BCUT2D eigenvalue weighted by Gasteiger charge is -2.16. The maximum Gasteiger partial charge on any atom is 0.322 e. The van der Waals surface area contributed by atoms with E-state index in [0.29, 0.717) is 12.6 Å². The molecule has 0 aliphatic heterocycles. The Bertz CT molecular complexity index is 415. The van der Waals surface area contributed by atoms with E-state index in [9.17, 15) is 4.79 Å². The topological polar surface area (TPSA) is 80.2 Å². The molecule has 0 radical (unpaired) electrons. The van der Waals surface area contributed by atoms with Crippen molar-refractivity contribution >= 4 is 23.5 Å². The predicted octanol–water partition coefficient (Wildman–Crippen LogP) is 0.496. The lowest BCUT2D eigenvalue weighted by atomic mass is 10.5. The summed E-state index contributed by atoms with van der Waals surface area (Å²) in [7, 11) is 3.25. The molecular formula is C10H16ClN5O2. The van der Waals surface area contributed by atoms with Crippen molar-refractivity contribution in [2.75, 3.05) is 32.1 Å². The summed E-state index contributed by atoms with van der Waals surface area (Å²) in [5, 5.41) is 2.55. The molecule has 0 aromatic carbocycles. The number of carbonyl (C=O) groups excluding carboxylic acids is 1. The maximum atomic E-state index is 11.2. The number of hydrogen-bond donors (Lipinski definition) is 1. The first-order valence-electron chi connectivity index (χ1n) is 5.53. The van der Waals surface area contributed by atoms with Crippen LogP contribution in [0.4, 0.5) is 5.95 Å². The van der Waals surface area contributed by atoms with Crippen LogP contribution >= 0.6 is 11.6 Å². The standard InChI is InChI=1S/C10H16ClN5O2/c1-4-5-18-10-14-8(11)13-9(15-10)16(3)6-7(17)12-2/h4-6H2,1-3H3,(H,12,17). The normalized spacial score (nSPS) is 10.0. The van der Waals surface area contributed by atoms with Gasteiger partial charge in [0.05, 0.1) is 13.2 Å². The molecule has 1 amide bonds. The van der Waals surface area contributed by atoms with E-state index in [0.717, 1.165) is 6.42 Å². The highest BCUT2D eigenvalue weighted by molar-refractivity contribution is 6.28. The number of nitrogens with zero attached hydrogens (tertiary/aromatic N) is 4. The second-order valence-corrected chi connectivity index (χ2v) is 3.90. The first-order valence-corrected chi connectivity index (χ1v) is 5.90. The van der Waals surface area contributed by atoms with Gasteiger partial charge in [0.2, 0.25) is 17.1 Å². The second kappa shape index (κ2) is 6.95. The Kier molecular flexibility index (Phi) is 5.57. The number of carbonyl (C=O) groups is 1. The SMILES string of the molecule is CCCOc1nc(Cl)nc(N(C)CC(=O)NC)n1. The van der Waals surface area contributed by atoms with Crippen LogP contribution in [-0.2, 0) is 4.79 Å². The smallest absolute Gasteiger partial charge is 0.322 e. The second-order valence-electron chi connectivity index (χ2n) is 3.56. The van der Waals surface area contributed by atoms with E-state index in [1.165, 1.54) is 0 Å². The Balaban J connectivity index is 2.80. The van der Waals surface area contributed by atoms with Crippen molar-refractivity contribution in [3.63, 3.8) is 0 Å². The van der Waals surface area contributed by atoms with Crippen LogP contribution in [0.2, 0.25) is 5.28 Å². The molecule has 18 heavy (non-hydrogen) atoms. The number of amides is 1. The molecule has 1 rings (SSSR count). The molecule has 1 N–H and O–H groups in total. The van der Waals surface area contributed by atoms with Crippen LogP contribution < -0.4 is 15.0 Å². The Morgan fingerprint density at radius 2 is 2.17 bits per heavy atom. The van der Waals surface area contributed by atoms with Gasteiger partial charge < -0.3 is 15.0 Å². The van der Waals surface area contributed by atoms with Crippen LogP contribution in [0.3, 0.4) is 0 Å². The largest absolute Gasteiger partial charge is 0.463 e. The summed E-state index contributed by atoms with van der Waals surface area (Å²) in [4.78, 5) is 24.7. The average molecular weight is 274 g/mol. The van der Waals surface area contributed by atoms with Gasteiger partial charge >= 0.3 is 6.01 Å². The molecule has 0 spiro atoms. The van der Waals surface area contributed by atoms with Crippen LogP contribution in [-0.4, -0.2) is 48.1 Å². The summed E-state index contributed by atoms with van der Waals surface area (Å²) in [6.45, 7) is 2.60. The van der Waals surface area contributed by atoms with E-state index in [1.54, 1.807) is 19.0 Å². The van der Waals surface area contributed by atoms with E-state index in [2.05, 4.69) is 20.3 Å². The minimum atomic E-state index is -0.148. The van der Waals surface area contributed by atoms with Crippen molar-refractivity contribution < 1.29 is 9.53 Å². The highest BCUT2D eigenvalue weighted by Gasteiger charge is 2.12. The third kappa shape index (κ3) is 4.33. The molecule has 0 aliphatic rings. The van der Waals surface area contributed by atoms with Crippen LogP contribution in [0, 0.1) is 0 Å². The predicted molar refractivity (Wildman–Crippen MR) is 68.0 cm³/mol. The zero-order valence-corrected chi connectivity index (χ0v) is 11.4. The molecule has 1 aromatic rings. The van der Waals surface area contributed by atoms with Gasteiger partial charge in [-0.05, 0) is 18.0 Å². The number of rotatable bonds is 6. The van der Waals surface area contributed by atoms with E-state index < -0.39 is 0 Å². The van der Waals surface area contributed by atoms with E-state index in [1.807, 2.05) is 6.92 Å². The van der Waals surface area contributed by atoms with Gasteiger partial charge in [-0.1, -0.05) is 6.92 Å². The highest BCUT2D eigenvalue weighted by Crippen LogP contribution is 2.14. The van der Waals surface area contributed by atoms with Crippen LogP contribution in [0.25, 0.3) is 0 Å². The summed E-state index contributed by atoms with van der Waals surface area (Å²) >= 11 is 5.77. The molecule has 0 saturated heterocycles. The van der Waals surface area contributed by atoms with Gasteiger partial charge in [-0.3, -0.25) is 4.79 Å². The zero-order chi connectivity index (χ0) is 13.5. The maximum absolute atomic E-state index is 11.2. The van der Waals surface area contributed by atoms with E-state index in [-0.39, 0.29) is 23.7 Å². The van der Waals surface area contributed by atoms with Crippen LogP contribution in [0.1, 0.15) is 13.3 Å². The lowest BCUT2D eigenvalue weighted by Crippen LogP contribution is -2.34. The molecule has 100 valence electrons. The molecule has 7 nitrogen and oxygen atoms in total. The molecule has 1 aromatic heterocycles. The van der Waals surface area contributed by atoms with Crippen molar-refractivity contribution in [1.82, 2.24) is 20.3 Å². The highest BCUT2D eigenvalue weighted by atomic mass is 35.5. The third-order valence-electron chi connectivity index (χ3n) is 2.01. The van der Waals surface area contributed by atoms with Gasteiger partial charge in [-0.15, -0.1) is 0 Å². The minimum absolute atomic E-state index is 0.0369. The Morgan fingerprint density at radius 1 is 1.44 bits per heavy atom. The minimum Gasteiger partial charge on any atom is -0.463 e. The number of ether oxygens (including phenoxy) is 1. The van der Waals surface area contributed by atoms with Crippen molar-refractivity contribution in [3.05, 3.63) is 5.28 Å². The fourth-order valence-electron chi connectivity index (χ4n) is 1.12. The average Bonchev–Trinajstić information content (AvgIpc) is 2.35. The van der Waals surface area contributed by atoms with Gasteiger partial charge in [0.25, 0.3) is 0 Å². The molecule has 0 unspecified atom stereocenters. The van der Waals surface area contributed by atoms with E-state index >= 15 is 0 Å². The van der Waals surface area contributed by atoms with Crippen molar-refractivity contribution in [2.24, 2.45) is 0 Å². The number of aromatic nitrogens is 3. The van der Waals surface area contributed by atoms with Crippen LogP contribution in [0.15, 0.2) is 0 Å². The van der Waals surface area contributed by atoms with Gasteiger partial charge in [0.1, 0.15) is 0 Å². The molecule has 8 heteroatoms. The van der Waals surface area contributed by atoms with Crippen molar-refractivity contribution in [2.45, 2.75) is 13.3 Å². The fourth-order valence-corrected chi connectivity index (χ4v) is 1.26. The number of nitrogens with one attached hydrogen (secondary N) is 1. The van der Waals surface area contributed by atoms with Gasteiger partial charge in [-0.25, -0.2) is 0 Å². The summed E-state index contributed by atoms with van der Waals surface area (Å²) in [5.41, 5.74) is 0. The van der Waals surface area contributed by atoms with Crippen molar-refractivity contribution in [3.8, 4) is 6.01 Å². The Morgan fingerprint density at radius 3 is 2.78 bits per heavy atom. The first-order chi connectivity index (χ1) is 8.56. The fraction of sp³-hybridized carbons (Fsp3) is 0.600. The monoisotopic (exact) mass is 273 g/mol. The third-order valence-corrected chi connectivity index (χ3v) is 2.18. The Hall–Kier alpha value is -1.63. The summed E-state index contributed by atoms with van der Waals surface area (Å²) in [5.74, 6) is 0.148. The number of anilines is 1. The number of hydrogen-bond acceptors (Lipinski definition) is 6. The quantitative estimate of drug-likeness (QED) is 0.813. The van der Waals surface area contributed by atoms with Crippen LogP contribution in [0.5, 0.6) is 6.01 Å². The van der Waals surface area contributed by atoms with Gasteiger partial charge in [0, 0.05) is 14.1 Å². The molecular weight excluding hydrogens is 258 g/mol. The Labute approximate surface area is 111 Å². The summed E-state index contributed by atoms with van der Waals surface area (Å²) in [6.07, 6.45) is 0.840. The van der Waals surface area contributed by atoms with Crippen molar-refractivity contribution in [1.29, 1.82) is 0 Å². The molecule has 0 fully saturated rings. The number of likely N-dealkylation sites (N-methyl/N-ethyl adjacent to an activating group) is 2. The molecule has 1 heterocycles.